The predicted octanol–water partition coefficient (Wildman–Crippen LogP) is 1.20. The van der Waals surface area contributed by atoms with Gasteiger partial charge in [-0.05, 0) is 7.05 Å². The molecule has 0 aromatic rings. The Morgan fingerprint density at radius 3 is 2.70 bits per heavy atom. The van der Waals surface area contributed by atoms with E-state index < -0.39 is 0 Å². The van der Waals surface area contributed by atoms with Crippen LogP contribution in [0.4, 0.5) is 0 Å². The van der Waals surface area contributed by atoms with Crippen molar-refractivity contribution in [2.45, 2.75) is 0 Å². The monoisotopic (exact) mass is 182 g/mol. The first kappa shape index (κ1) is 10.2. The lowest BCUT2D eigenvalue weighted by atomic mass is 10.5. The second kappa shape index (κ2) is 5.98. The third-order valence-electron chi connectivity index (χ3n) is 1.05. The first-order valence-electron chi connectivity index (χ1n) is 3.04. The van der Waals surface area contributed by atoms with Gasteiger partial charge in [0.25, 0.3) is 0 Å². The van der Waals surface area contributed by atoms with E-state index in [1.807, 2.05) is 11.9 Å². The number of hydrogen-bond acceptors (Lipinski definition) is 2. The van der Waals surface area contributed by atoms with E-state index in [9.17, 15) is 0 Å². The Labute approximate surface area is 71.6 Å². The van der Waals surface area contributed by atoms with Crippen LogP contribution in [0.2, 0.25) is 0 Å². The summed E-state index contributed by atoms with van der Waals surface area (Å²) in [5.41, 5.74) is 6.68. The zero-order chi connectivity index (χ0) is 7.98. The third kappa shape index (κ3) is 5.06. The highest BCUT2D eigenvalue weighted by atomic mass is 35.5. The highest BCUT2D eigenvalue weighted by molar-refractivity contribution is 6.36. The van der Waals surface area contributed by atoms with Crippen LogP contribution in [0.1, 0.15) is 0 Å². The van der Waals surface area contributed by atoms with Crippen LogP contribution in [-0.2, 0) is 0 Å². The van der Waals surface area contributed by atoms with Gasteiger partial charge in [-0.2, -0.15) is 0 Å². The maximum absolute atomic E-state index is 5.64. The SMILES string of the molecule is CN(CCN)CC(Cl)=CCl. The van der Waals surface area contributed by atoms with E-state index in [-0.39, 0.29) is 0 Å². The van der Waals surface area contributed by atoms with Crippen molar-refractivity contribution in [2.75, 3.05) is 26.7 Å². The molecule has 4 heteroatoms. The molecule has 0 bridgehead atoms. The molecule has 2 nitrogen and oxygen atoms in total. The van der Waals surface area contributed by atoms with Gasteiger partial charge in [-0.1, -0.05) is 23.2 Å². The van der Waals surface area contributed by atoms with E-state index in [0.29, 0.717) is 18.1 Å². The smallest absolute Gasteiger partial charge is 0.0434 e. The molecular formula is C6H12Cl2N2. The molecule has 0 spiro atoms. The van der Waals surface area contributed by atoms with E-state index in [4.69, 9.17) is 28.9 Å². The van der Waals surface area contributed by atoms with Gasteiger partial charge in [-0.25, -0.2) is 0 Å². The molecule has 0 aliphatic heterocycles. The van der Waals surface area contributed by atoms with Gasteiger partial charge in [0.1, 0.15) is 0 Å². The molecule has 60 valence electrons. The Bertz CT molecular complexity index is 114. The van der Waals surface area contributed by atoms with Crippen molar-refractivity contribution in [1.29, 1.82) is 0 Å². The fourth-order valence-corrected chi connectivity index (χ4v) is 0.865. The quantitative estimate of drug-likeness (QED) is 0.709. The van der Waals surface area contributed by atoms with Crippen LogP contribution < -0.4 is 5.73 Å². The molecular weight excluding hydrogens is 171 g/mol. The first-order chi connectivity index (χ1) is 4.70. The lowest BCUT2D eigenvalue weighted by Crippen LogP contribution is -2.26. The topological polar surface area (TPSA) is 29.3 Å². The molecule has 0 saturated heterocycles. The predicted molar refractivity (Wildman–Crippen MR) is 46.3 cm³/mol. The Morgan fingerprint density at radius 1 is 1.70 bits per heavy atom. The highest BCUT2D eigenvalue weighted by Gasteiger charge is 1.97. The van der Waals surface area contributed by atoms with Gasteiger partial charge >= 0.3 is 0 Å². The van der Waals surface area contributed by atoms with Crippen molar-refractivity contribution in [3.05, 3.63) is 10.6 Å². The number of nitrogens with two attached hydrogens (primary N) is 1. The normalized spacial score (nSPS) is 12.7. The van der Waals surface area contributed by atoms with Crippen molar-refractivity contribution >= 4 is 23.2 Å². The van der Waals surface area contributed by atoms with Gasteiger partial charge in [0.15, 0.2) is 0 Å². The van der Waals surface area contributed by atoms with Crippen molar-refractivity contribution in [3.63, 3.8) is 0 Å². The maximum atomic E-state index is 5.64. The second-order valence-corrected chi connectivity index (χ2v) is 2.79. The Hall–Kier alpha value is 0.240. The zero-order valence-corrected chi connectivity index (χ0v) is 7.49. The molecule has 2 N–H and O–H groups in total. The molecule has 0 aromatic heterocycles. The number of likely N-dealkylation sites (N-methyl/N-ethyl adjacent to an activating group) is 1. The standard InChI is InChI=1S/C6H12Cl2N2/c1-10(3-2-9)5-6(8)4-7/h4H,2-3,5,9H2,1H3. The summed E-state index contributed by atoms with van der Waals surface area (Å²) < 4.78 is 0. The van der Waals surface area contributed by atoms with Gasteiger partial charge in [-0.3, -0.25) is 4.90 Å². The van der Waals surface area contributed by atoms with E-state index in [0.717, 1.165) is 6.54 Å². The van der Waals surface area contributed by atoms with E-state index in [1.165, 1.54) is 5.54 Å². The maximum Gasteiger partial charge on any atom is 0.0434 e. The van der Waals surface area contributed by atoms with Crippen LogP contribution in [-0.4, -0.2) is 31.6 Å². The number of hydrogen-bond donors (Lipinski definition) is 1. The van der Waals surface area contributed by atoms with Gasteiger partial charge in [-0.15, -0.1) is 0 Å². The summed E-state index contributed by atoms with van der Waals surface area (Å²) in [6.45, 7) is 2.14. The zero-order valence-electron chi connectivity index (χ0n) is 5.98. The van der Waals surface area contributed by atoms with Gasteiger partial charge in [0.05, 0.1) is 0 Å². The molecule has 0 radical (unpaired) electrons. The largest absolute Gasteiger partial charge is 0.329 e. The lowest BCUT2D eigenvalue weighted by Gasteiger charge is -2.13. The fraction of sp³-hybridized carbons (Fsp3) is 0.667. The van der Waals surface area contributed by atoms with Crippen LogP contribution in [0, 0.1) is 0 Å². The van der Waals surface area contributed by atoms with Crippen molar-refractivity contribution in [2.24, 2.45) is 5.73 Å². The van der Waals surface area contributed by atoms with Crippen LogP contribution in [0.15, 0.2) is 10.6 Å². The summed E-state index contributed by atoms with van der Waals surface area (Å²) in [4.78, 5) is 2.00. The molecule has 0 atom stereocenters. The third-order valence-corrected chi connectivity index (χ3v) is 1.65. The summed E-state index contributed by atoms with van der Waals surface area (Å²) in [6, 6.07) is 0. The lowest BCUT2D eigenvalue weighted by molar-refractivity contribution is 0.378. The van der Waals surface area contributed by atoms with Crippen molar-refractivity contribution < 1.29 is 0 Å². The molecule has 0 aliphatic rings. The van der Waals surface area contributed by atoms with Crippen LogP contribution in [0.5, 0.6) is 0 Å². The average molecular weight is 183 g/mol. The Morgan fingerprint density at radius 2 is 2.30 bits per heavy atom. The van der Waals surface area contributed by atoms with Gasteiger partial charge in [0.2, 0.25) is 0 Å². The molecule has 0 rings (SSSR count). The van der Waals surface area contributed by atoms with Gasteiger partial charge < -0.3 is 5.73 Å². The molecule has 0 heterocycles. The van der Waals surface area contributed by atoms with Crippen molar-refractivity contribution in [1.82, 2.24) is 4.90 Å². The van der Waals surface area contributed by atoms with Crippen molar-refractivity contribution in [3.8, 4) is 0 Å². The fourth-order valence-electron chi connectivity index (χ4n) is 0.592. The molecule has 0 saturated carbocycles. The number of halogens is 2. The van der Waals surface area contributed by atoms with Crippen LogP contribution in [0.3, 0.4) is 0 Å². The Kier molecular flexibility index (Phi) is 6.13. The minimum absolute atomic E-state index is 0.637. The number of nitrogens with zero attached hydrogens (tertiary/aromatic N) is 1. The molecule has 0 aromatic carbocycles. The number of rotatable bonds is 4. The highest BCUT2D eigenvalue weighted by Crippen LogP contribution is 2.03. The summed E-state index contributed by atoms with van der Waals surface area (Å²) in [6.07, 6.45) is 0. The van der Waals surface area contributed by atoms with Gasteiger partial charge in [0, 0.05) is 30.2 Å². The summed E-state index contributed by atoms with van der Waals surface area (Å²) in [7, 11) is 1.94. The van der Waals surface area contributed by atoms with E-state index >= 15 is 0 Å². The minimum Gasteiger partial charge on any atom is -0.329 e. The Balaban J connectivity index is 3.47. The minimum atomic E-state index is 0.637. The van der Waals surface area contributed by atoms with E-state index in [2.05, 4.69) is 0 Å². The first-order valence-corrected chi connectivity index (χ1v) is 3.85. The summed E-state index contributed by atoms with van der Waals surface area (Å²) in [5, 5.41) is 0.637. The summed E-state index contributed by atoms with van der Waals surface area (Å²) in [5.74, 6) is 0. The van der Waals surface area contributed by atoms with Crippen LogP contribution >= 0.6 is 23.2 Å². The molecule has 0 fully saturated rings. The van der Waals surface area contributed by atoms with Crippen LogP contribution in [0.25, 0.3) is 0 Å². The molecule has 0 amide bonds. The molecule has 0 unspecified atom stereocenters. The second-order valence-electron chi connectivity index (χ2n) is 2.08. The summed E-state index contributed by atoms with van der Waals surface area (Å²) >= 11 is 11.0. The molecule has 0 aliphatic carbocycles. The van der Waals surface area contributed by atoms with E-state index in [1.54, 1.807) is 0 Å². The average Bonchev–Trinajstić information content (AvgIpc) is 1.88. The molecule has 10 heavy (non-hydrogen) atoms.